The molecule has 1 N–H and O–H groups in total. The molecule has 0 radical (unpaired) electrons. The molecule has 1 heterocycles. The van der Waals surface area contributed by atoms with Gasteiger partial charge in [-0.25, -0.2) is 9.79 Å². The van der Waals surface area contributed by atoms with E-state index in [1.54, 1.807) is 6.92 Å². The van der Waals surface area contributed by atoms with Gasteiger partial charge in [0.2, 0.25) is 4.87 Å². The van der Waals surface area contributed by atoms with Crippen LogP contribution >= 0.6 is 11.9 Å². The van der Waals surface area contributed by atoms with Crippen LogP contribution < -0.4 is 4.72 Å². The number of aliphatic imine (C=N–C) groups is 1. The summed E-state index contributed by atoms with van der Waals surface area (Å²) in [5.74, 6) is -0.703. The number of carbonyl (C=O) groups is 1. The first-order valence-electron chi connectivity index (χ1n) is 5.72. The van der Waals surface area contributed by atoms with Crippen molar-refractivity contribution in [2.45, 2.75) is 18.0 Å². The molecule has 0 saturated carbocycles. The third-order valence-corrected chi connectivity index (χ3v) is 3.67. The molecule has 0 aromatic heterocycles. The lowest BCUT2D eigenvalue weighted by atomic mass is 10.0. The zero-order chi connectivity index (χ0) is 14.8. The Morgan fingerprint density at radius 3 is 2.80 bits per heavy atom. The minimum Gasteiger partial charge on any atom is -0.463 e. The quantitative estimate of drug-likeness (QED) is 0.689. The zero-order valence-corrected chi connectivity index (χ0v) is 11.2. The van der Waals surface area contributed by atoms with E-state index in [0.717, 1.165) is 24.1 Å². The van der Waals surface area contributed by atoms with Gasteiger partial charge in [-0.1, -0.05) is 12.1 Å². The van der Waals surface area contributed by atoms with Gasteiger partial charge in [0.15, 0.2) is 0 Å². The normalized spacial score (nSPS) is 21.6. The molecule has 0 spiro atoms. The van der Waals surface area contributed by atoms with Gasteiger partial charge in [-0.2, -0.15) is 13.2 Å². The van der Waals surface area contributed by atoms with E-state index in [1.807, 2.05) is 0 Å². The van der Waals surface area contributed by atoms with Crippen LogP contribution in [0.4, 0.5) is 13.2 Å². The largest absolute Gasteiger partial charge is 0.463 e. The summed E-state index contributed by atoms with van der Waals surface area (Å²) in [6.45, 7) is 1.74. The van der Waals surface area contributed by atoms with Crippen molar-refractivity contribution in [3.8, 4) is 0 Å². The van der Waals surface area contributed by atoms with Gasteiger partial charge in [-0.05, 0) is 31.0 Å². The van der Waals surface area contributed by atoms with Crippen LogP contribution in [0.3, 0.4) is 0 Å². The molecule has 8 heteroatoms. The summed E-state index contributed by atoms with van der Waals surface area (Å²) < 4.78 is 45.8. The van der Waals surface area contributed by atoms with E-state index in [2.05, 4.69) is 9.71 Å². The molecule has 0 fully saturated rings. The first-order valence-corrected chi connectivity index (χ1v) is 6.54. The lowest BCUT2D eigenvalue weighted by molar-refractivity contribution is -0.146. The Hall–Kier alpha value is -1.70. The molecule has 1 atom stereocenters. The number of nitrogens with zero attached hydrogens (tertiary/aromatic N) is 1. The predicted octanol–water partition coefficient (Wildman–Crippen LogP) is 2.70. The number of rotatable bonds is 3. The number of hydrogen-bond acceptors (Lipinski definition) is 5. The fourth-order valence-corrected chi connectivity index (χ4v) is 2.50. The molecular weight excluding hydrogens is 293 g/mol. The van der Waals surface area contributed by atoms with Crippen LogP contribution in [0.15, 0.2) is 29.3 Å². The molecule has 108 valence electrons. The minimum absolute atomic E-state index is 0.121. The van der Waals surface area contributed by atoms with Gasteiger partial charge in [0.05, 0.1) is 18.5 Å². The highest BCUT2D eigenvalue weighted by atomic mass is 32.2. The van der Waals surface area contributed by atoms with Crippen LogP contribution in [0.5, 0.6) is 0 Å². The van der Waals surface area contributed by atoms with Crippen LogP contribution in [0.1, 0.15) is 18.1 Å². The average molecular weight is 304 g/mol. The average Bonchev–Trinajstić information content (AvgIpc) is 2.89. The fourth-order valence-electron chi connectivity index (χ4n) is 1.74. The van der Waals surface area contributed by atoms with Gasteiger partial charge in [0, 0.05) is 5.56 Å². The Kier molecular flexibility index (Phi) is 3.94. The minimum atomic E-state index is -4.48. The Morgan fingerprint density at radius 1 is 1.50 bits per heavy atom. The Labute approximate surface area is 117 Å². The summed E-state index contributed by atoms with van der Waals surface area (Å²) in [6.07, 6.45) is -3.21. The molecule has 1 unspecified atom stereocenters. The van der Waals surface area contributed by atoms with E-state index < -0.39 is 22.6 Å². The number of hydrogen-bond donors (Lipinski definition) is 1. The summed E-state index contributed by atoms with van der Waals surface area (Å²) in [7, 11) is 0. The van der Waals surface area contributed by atoms with Crippen molar-refractivity contribution in [2.24, 2.45) is 4.99 Å². The van der Waals surface area contributed by atoms with Crippen LogP contribution in [0.25, 0.3) is 0 Å². The molecule has 1 aromatic carbocycles. The number of halogens is 3. The van der Waals surface area contributed by atoms with E-state index in [0.29, 0.717) is 0 Å². The van der Waals surface area contributed by atoms with E-state index in [4.69, 9.17) is 4.74 Å². The summed E-state index contributed by atoms with van der Waals surface area (Å²) in [4.78, 5) is 14.5. The van der Waals surface area contributed by atoms with E-state index >= 15 is 0 Å². The standard InChI is InChI=1S/C12H11F3N2O2S/c1-2-19-10(18)11(16-7-17-20-11)8-4-3-5-9(6-8)12(13,14)15/h3-7H,2H2,1H3,(H,16,17). The monoisotopic (exact) mass is 304 g/mol. The van der Waals surface area contributed by atoms with E-state index in [-0.39, 0.29) is 12.2 Å². The van der Waals surface area contributed by atoms with Crippen molar-refractivity contribution in [3.05, 3.63) is 35.4 Å². The lowest BCUT2D eigenvalue weighted by Gasteiger charge is -2.23. The van der Waals surface area contributed by atoms with Crippen molar-refractivity contribution in [1.29, 1.82) is 0 Å². The maximum atomic E-state index is 12.8. The highest BCUT2D eigenvalue weighted by Gasteiger charge is 2.46. The fraction of sp³-hybridized carbons (Fsp3) is 0.333. The molecule has 0 saturated heterocycles. The van der Waals surface area contributed by atoms with Crippen molar-refractivity contribution < 1.29 is 22.7 Å². The molecule has 0 aliphatic carbocycles. The third-order valence-electron chi connectivity index (χ3n) is 2.64. The topological polar surface area (TPSA) is 50.7 Å². The summed E-state index contributed by atoms with van der Waals surface area (Å²) in [6, 6.07) is 4.52. The number of benzene rings is 1. The van der Waals surface area contributed by atoms with Crippen molar-refractivity contribution in [3.63, 3.8) is 0 Å². The summed E-state index contributed by atoms with van der Waals surface area (Å²) in [5.41, 5.74) is -0.710. The first-order chi connectivity index (χ1) is 9.40. The Morgan fingerprint density at radius 2 is 2.25 bits per heavy atom. The van der Waals surface area contributed by atoms with Crippen molar-refractivity contribution in [1.82, 2.24) is 4.72 Å². The number of nitrogens with one attached hydrogen (secondary N) is 1. The maximum Gasteiger partial charge on any atom is 0.416 e. The van der Waals surface area contributed by atoms with Crippen molar-refractivity contribution in [2.75, 3.05) is 6.61 Å². The lowest BCUT2D eigenvalue weighted by Crippen LogP contribution is -2.31. The molecule has 1 aromatic rings. The van der Waals surface area contributed by atoms with Gasteiger partial charge in [-0.3, -0.25) is 0 Å². The van der Waals surface area contributed by atoms with Crippen molar-refractivity contribution >= 4 is 24.3 Å². The number of alkyl halides is 3. The third kappa shape index (κ3) is 2.60. The first kappa shape index (κ1) is 14.7. The molecule has 1 aliphatic heterocycles. The molecular formula is C12H11F3N2O2S. The second kappa shape index (κ2) is 5.35. The second-order valence-corrected chi connectivity index (χ2v) is 4.95. The molecule has 2 rings (SSSR count). The molecule has 4 nitrogen and oxygen atoms in total. The van der Waals surface area contributed by atoms with E-state index in [1.165, 1.54) is 18.5 Å². The second-order valence-electron chi connectivity index (χ2n) is 3.92. The highest BCUT2D eigenvalue weighted by Crippen LogP contribution is 2.41. The Bertz CT molecular complexity index is 548. The summed E-state index contributed by atoms with van der Waals surface area (Å²) in [5, 5.41) is 0. The smallest absolute Gasteiger partial charge is 0.416 e. The molecule has 0 bridgehead atoms. The summed E-state index contributed by atoms with van der Waals surface area (Å²) >= 11 is 0.896. The Balaban J connectivity index is 2.46. The number of ether oxygens (including phenoxy) is 1. The van der Waals surface area contributed by atoms with Gasteiger partial charge in [0.25, 0.3) is 0 Å². The zero-order valence-electron chi connectivity index (χ0n) is 10.4. The predicted molar refractivity (Wildman–Crippen MR) is 69.0 cm³/mol. The molecule has 1 aliphatic rings. The maximum absolute atomic E-state index is 12.8. The van der Waals surface area contributed by atoms with Gasteiger partial charge in [0.1, 0.15) is 0 Å². The van der Waals surface area contributed by atoms with Crippen LogP contribution in [0.2, 0.25) is 0 Å². The SMILES string of the molecule is CCOC(=O)C1(c2cccc(C(F)(F)F)c2)N=CNS1. The molecule has 20 heavy (non-hydrogen) atoms. The molecule has 0 amide bonds. The van der Waals surface area contributed by atoms with Crippen LogP contribution in [0, 0.1) is 0 Å². The van der Waals surface area contributed by atoms with Crippen LogP contribution in [-0.4, -0.2) is 18.9 Å². The van der Waals surface area contributed by atoms with Gasteiger partial charge < -0.3 is 9.46 Å². The van der Waals surface area contributed by atoms with E-state index in [9.17, 15) is 18.0 Å². The number of carbonyl (C=O) groups excluding carboxylic acids is 1. The number of esters is 1. The van der Waals surface area contributed by atoms with Crippen LogP contribution in [-0.2, 0) is 20.6 Å². The van der Waals surface area contributed by atoms with Gasteiger partial charge >= 0.3 is 12.1 Å². The van der Waals surface area contributed by atoms with Gasteiger partial charge in [-0.15, -0.1) is 0 Å². The highest BCUT2D eigenvalue weighted by molar-refractivity contribution is 7.99.